The standard InChI is InChI=1S/C14H12N4O/c15-11-3-1-10(2-4-11)14-9-18(17-16-14)12-5-7-13(19)8-6-12/h1-9,19H,15H2. The highest BCUT2D eigenvalue weighted by atomic mass is 16.3. The van der Waals surface area contributed by atoms with Gasteiger partial charge in [-0.1, -0.05) is 17.3 Å². The first-order valence-electron chi connectivity index (χ1n) is 5.80. The third kappa shape index (κ3) is 2.26. The lowest BCUT2D eigenvalue weighted by molar-refractivity contribution is 0.475. The quantitative estimate of drug-likeness (QED) is 0.685. The second-order valence-electron chi connectivity index (χ2n) is 4.19. The van der Waals surface area contributed by atoms with E-state index in [1.54, 1.807) is 28.9 Å². The van der Waals surface area contributed by atoms with Crippen molar-refractivity contribution in [3.05, 3.63) is 54.7 Å². The van der Waals surface area contributed by atoms with Crippen molar-refractivity contribution in [3.63, 3.8) is 0 Å². The minimum atomic E-state index is 0.225. The highest BCUT2D eigenvalue weighted by Gasteiger charge is 2.05. The lowest BCUT2D eigenvalue weighted by Crippen LogP contribution is -1.93. The molecule has 1 aromatic heterocycles. The summed E-state index contributed by atoms with van der Waals surface area (Å²) in [6.07, 6.45) is 1.83. The van der Waals surface area contributed by atoms with Crippen molar-refractivity contribution >= 4 is 5.69 Å². The van der Waals surface area contributed by atoms with Crippen LogP contribution in [-0.2, 0) is 0 Å². The van der Waals surface area contributed by atoms with E-state index in [9.17, 15) is 5.11 Å². The molecule has 0 bridgehead atoms. The van der Waals surface area contributed by atoms with E-state index in [-0.39, 0.29) is 5.75 Å². The van der Waals surface area contributed by atoms with Gasteiger partial charge in [-0.15, -0.1) is 5.10 Å². The molecule has 19 heavy (non-hydrogen) atoms. The molecule has 0 fully saturated rings. The smallest absolute Gasteiger partial charge is 0.115 e. The molecule has 0 unspecified atom stereocenters. The number of anilines is 1. The van der Waals surface area contributed by atoms with Crippen LogP contribution in [0.15, 0.2) is 54.7 Å². The fraction of sp³-hybridized carbons (Fsp3) is 0. The minimum absolute atomic E-state index is 0.225. The average molecular weight is 252 g/mol. The molecule has 3 rings (SSSR count). The lowest BCUT2D eigenvalue weighted by Gasteiger charge is -1.99. The molecule has 1 heterocycles. The number of aromatic hydroxyl groups is 1. The summed E-state index contributed by atoms with van der Waals surface area (Å²) in [5, 5.41) is 17.4. The van der Waals surface area contributed by atoms with Crippen LogP contribution >= 0.6 is 0 Å². The molecule has 5 nitrogen and oxygen atoms in total. The van der Waals surface area contributed by atoms with E-state index in [1.807, 2.05) is 30.5 Å². The summed E-state index contributed by atoms with van der Waals surface area (Å²) in [5.41, 5.74) is 8.94. The summed E-state index contributed by atoms with van der Waals surface area (Å²) in [7, 11) is 0. The Morgan fingerprint density at radius 1 is 0.947 bits per heavy atom. The van der Waals surface area contributed by atoms with Crippen LogP contribution in [0.3, 0.4) is 0 Å². The highest BCUT2D eigenvalue weighted by molar-refractivity contribution is 5.61. The Balaban J connectivity index is 1.95. The fourth-order valence-electron chi connectivity index (χ4n) is 1.78. The van der Waals surface area contributed by atoms with Crippen LogP contribution in [-0.4, -0.2) is 20.1 Å². The van der Waals surface area contributed by atoms with Crippen LogP contribution in [0, 0.1) is 0 Å². The zero-order chi connectivity index (χ0) is 13.2. The van der Waals surface area contributed by atoms with Gasteiger partial charge >= 0.3 is 0 Å². The normalized spacial score (nSPS) is 10.5. The van der Waals surface area contributed by atoms with Gasteiger partial charge in [0.15, 0.2) is 0 Å². The van der Waals surface area contributed by atoms with E-state index in [2.05, 4.69) is 10.3 Å². The van der Waals surface area contributed by atoms with Gasteiger partial charge in [-0.2, -0.15) is 0 Å². The van der Waals surface area contributed by atoms with Crippen molar-refractivity contribution in [3.8, 4) is 22.7 Å². The number of nitrogens with two attached hydrogens (primary N) is 1. The van der Waals surface area contributed by atoms with Gasteiger partial charge in [-0.05, 0) is 36.4 Å². The van der Waals surface area contributed by atoms with Crippen LogP contribution in [0.5, 0.6) is 5.75 Å². The van der Waals surface area contributed by atoms with Crippen LogP contribution in [0.2, 0.25) is 0 Å². The third-order valence-corrected chi connectivity index (χ3v) is 2.81. The molecule has 0 spiro atoms. The van der Waals surface area contributed by atoms with Crippen molar-refractivity contribution < 1.29 is 5.11 Å². The number of phenolic OH excluding ortho intramolecular Hbond substituents is 1. The minimum Gasteiger partial charge on any atom is -0.508 e. The zero-order valence-corrected chi connectivity index (χ0v) is 10.1. The summed E-state index contributed by atoms with van der Waals surface area (Å²) in [6, 6.07) is 14.2. The van der Waals surface area contributed by atoms with Crippen LogP contribution < -0.4 is 5.73 Å². The van der Waals surface area contributed by atoms with Crippen LogP contribution in [0.25, 0.3) is 16.9 Å². The zero-order valence-electron chi connectivity index (χ0n) is 10.1. The monoisotopic (exact) mass is 252 g/mol. The van der Waals surface area contributed by atoms with E-state index < -0.39 is 0 Å². The van der Waals surface area contributed by atoms with Gasteiger partial charge in [-0.3, -0.25) is 0 Å². The van der Waals surface area contributed by atoms with E-state index in [0.717, 1.165) is 22.6 Å². The molecule has 0 saturated heterocycles. The molecule has 0 aliphatic carbocycles. The molecule has 0 atom stereocenters. The molecule has 0 saturated carbocycles. The van der Waals surface area contributed by atoms with Crippen LogP contribution in [0.4, 0.5) is 5.69 Å². The number of phenols is 1. The van der Waals surface area contributed by atoms with Gasteiger partial charge in [-0.25, -0.2) is 4.68 Å². The van der Waals surface area contributed by atoms with Crippen LogP contribution in [0.1, 0.15) is 0 Å². The van der Waals surface area contributed by atoms with Gasteiger partial charge in [0.25, 0.3) is 0 Å². The molecular weight excluding hydrogens is 240 g/mol. The predicted molar refractivity (Wildman–Crippen MR) is 72.9 cm³/mol. The Hall–Kier alpha value is -2.82. The number of hydrogen-bond acceptors (Lipinski definition) is 4. The maximum absolute atomic E-state index is 9.26. The Labute approximate surface area is 109 Å². The number of benzene rings is 2. The summed E-state index contributed by atoms with van der Waals surface area (Å²) >= 11 is 0. The molecule has 3 aromatic rings. The molecule has 0 amide bonds. The molecule has 3 N–H and O–H groups in total. The Morgan fingerprint density at radius 3 is 2.32 bits per heavy atom. The largest absolute Gasteiger partial charge is 0.508 e. The lowest BCUT2D eigenvalue weighted by atomic mass is 10.1. The van der Waals surface area contributed by atoms with Gasteiger partial charge in [0.1, 0.15) is 11.4 Å². The molecule has 0 radical (unpaired) electrons. The average Bonchev–Trinajstić information content (AvgIpc) is 2.90. The molecule has 94 valence electrons. The topological polar surface area (TPSA) is 77.0 Å². The van der Waals surface area contributed by atoms with Crippen molar-refractivity contribution in [2.75, 3.05) is 5.73 Å². The Kier molecular flexibility index (Phi) is 2.64. The number of nitrogen functional groups attached to an aromatic ring is 1. The summed E-state index contributed by atoms with van der Waals surface area (Å²) in [5.74, 6) is 0.225. The molecular formula is C14H12N4O. The summed E-state index contributed by atoms with van der Waals surface area (Å²) in [4.78, 5) is 0. The number of hydrogen-bond donors (Lipinski definition) is 2. The summed E-state index contributed by atoms with van der Waals surface area (Å²) < 4.78 is 1.66. The van der Waals surface area contributed by atoms with Crippen molar-refractivity contribution in [1.29, 1.82) is 0 Å². The van der Waals surface area contributed by atoms with E-state index in [0.29, 0.717) is 0 Å². The number of aromatic nitrogens is 3. The second kappa shape index (κ2) is 4.45. The molecule has 5 heteroatoms. The summed E-state index contributed by atoms with van der Waals surface area (Å²) in [6.45, 7) is 0. The second-order valence-corrected chi connectivity index (χ2v) is 4.19. The first kappa shape index (κ1) is 11.3. The molecule has 0 aliphatic rings. The van der Waals surface area contributed by atoms with E-state index in [1.165, 1.54) is 0 Å². The Morgan fingerprint density at radius 2 is 1.63 bits per heavy atom. The Bertz CT molecular complexity index is 626. The van der Waals surface area contributed by atoms with E-state index in [4.69, 9.17) is 5.73 Å². The maximum atomic E-state index is 9.26. The van der Waals surface area contributed by atoms with Gasteiger partial charge in [0.2, 0.25) is 0 Å². The van der Waals surface area contributed by atoms with Gasteiger partial charge in [0, 0.05) is 11.3 Å². The van der Waals surface area contributed by atoms with Crippen molar-refractivity contribution in [2.24, 2.45) is 0 Å². The van der Waals surface area contributed by atoms with Crippen molar-refractivity contribution in [1.82, 2.24) is 15.0 Å². The predicted octanol–water partition coefficient (Wildman–Crippen LogP) is 2.22. The first-order valence-corrected chi connectivity index (χ1v) is 5.80. The fourth-order valence-corrected chi connectivity index (χ4v) is 1.78. The first-order chi connectivity index (χ1) is 9.22. The van der Waals surface area contributed by atoms with Gasteiger partial charge < -0.3 is 10.8 Å². The number of nitrogens with zero attached hydrogens (tertiary/aromatic N) is 3. The van der Waals surface area contributed by atoms with Crippen molar-refractivity contribution in [2.45, 2.75) is 0 Å². The number of rotatable bonds is 2. The molecule has 0 aliphatic heterocycles. The van der Waals surface area contributed by atoms with Gasteiger partial charge in [0.05, 0.1) is 11.9 Å². The highest BCUT2D eigenvalue weighted by Crippen LogP contribution is 2.19. The molecule has 2 aromatic carbocycles. The maximum Gasteiger partial charge on any atom is 0.115 e. The SMILES string of the molecule is Nc1ccc(-c2cn(-c3ccc(O)cc3)nn2)cc1. The third-order valence-electron chi connectivity index (χ3n) is 2.81. The van der Waals surface area contributed by atoms with E-state index >= 15 is 0 Å².